The van der Waals surface area contributed by atoms with E-state index in [4.69, 9.17) is 18.5 Å². The van der Waals surface area contributed by atoms with E-state index in [-0.39, 0.29) is 12.8 Å². The standard InChI is InChI=1S/C47H77O13P/c1-3-5-7-9-11-13-15-17-18-19-20-21-22-24-25-27-29-31-33-35-40(48)57-37-39(38-58-61(55,56)60-47-45(53)43(51)42(50)44(52)46(47)54)59-41(49)36-34-32-30-28-26-23-16-14-12-10-8-6-4-2/h5,7,11,13,17-18,20-21,23-26,29,31,39,42-47,50-54H,3-4,6,8-10,12,14-16,19,22,27-28,30,32-38H2,1-2H3,(H,55,56)/b7-5+,13-11+,18-17+,21-20+,25-24+,26-23+,31-29+/t39-,42?,43-,44?,45?,46?,47?/m0/s1. The SMILES string of the molecule is CC/C=C/C/C=C/C/C=C/C/C=C/C/C=C/C/C=C/CCC(=O)OC[C@@H](COP(=O)(O)OC1C(O)C(O)C(O)[C@H](O)C1O)OC(=O)CCCCC/C=C/CCCCCCCC. The van der Waals surface area contributed by atoms with Crippen LogP contribution in [0.3, 0.4) is 0 Å². The second kappa shape index (κ2) is 36.5. The lowest BCUT2D eigenvalue weighted by Gasteiger charge is -2.41. The Labute approximate surface area is 365 Å². The van der Waals surface area contributed by atoms with Crippen LogP contribution in [-0.2, 0) is 32.7 Å². The Balaban J connectivity index is 2.54. The molecule has 1 saturated carbocycles. The van der Waals surface area contributed by atoms with E-state index in [1.54, 1.807) is 0 Å². The summed E-state index contributed by atoms with van der Waals surface area (Å²) in [5, 5.41) is 50.1. The van der Waals surface area contributed by atoms with Gasteiger partial charge in [-0.15, -0.1) is 0 Å². The number of ether oxygens (including phenoxy) is 2. The average Bonchev–Trinajstić information content (AvgIpc) is 3.24. The molecule has 0 aromatic heterocycles. The van der Waals surface area contributed by atoms with Crippen molar-refractivity contribution in [3.63, 3.8) is 0 Å². The molecule has 14 heteroatoms. The lowest BCUT2D eigenvalue weighted by molar-refractivity contribution is -0.220. The summed E-state index contributed by atoms with van der Waals surface area (Å²) in [4.78, 5) is 35.6. The molecule has 0 amide bonds. The number of carbonyl (C=O) groups is 2. The highest BCUT2D eigenvalue weighted by Gasteiger charge is 2.51. The Morgan fingerprint density at radius 2 is 0.967 bits per heavy atom. The molecule has 1 aliphatic carbocycles. The molecule has 13 nitrogen and oxygen atoms in total. The van der Waals surface area contributed by atoms with Gasteiger partial charge in [-0.05, 0) is 77.0 Å². The van der Waals surface area contributed by atoms with E-state index >= 15 is 0 Å². The number of hydrogen-bond acceptors (Lipinski definition) is 12. The summed E-state index contributed by atoms with van der Waals surface area (Å²) >= 11 is 0. The Morgan fingerprint density at radius 3 is 1.49 bits per heavy atom. The lowest BCUT2D eigenvalue weighted by Crippen LogP contribution is -2.64. The molecule has 1 rings (SSSR count). The summed E-state index contributed by atoms with van der Waals surface area (Å²) < 4.78 is 33.4. The highest BCUT2D eigenvalue weighted by molar-refractivity contribution is 7.47. The second-order valence-electron chi connectivity index (χ2n) is 15.2. The van der Waals surface area contributed by atoms with Crippen molar-refractivity contribution in [1.29, 1.82) is 0 Å². The molecule has 1 aliphatic rings. The summed E-state index contributed by atoms with van der Waals surface area (Å²) in [5.74, 6) is -1.23. The Bertz CT molecular complexity index is 1390. The minimum absolute atomic E-state index is 0.0344. The molecule has 348 valence electrons. The first-order valence-corrected chi connectivity index (χ1v) is 23.9. The maximum absolute atomic E-state index is 12.8. The number of phosphoric ester groups is 1. The van der Waals surface area contributed by atoms with Crippen LogP contribution in [0.5, 0.6) is 0 Å². The van der Waals surface area contributed by atoms with Crippen LogP contribution >= 0.6 is 7.82 Å². The normalized spacial score (nSPS) is 22.8. The quantitative estimate of drug-likeness (QED) is 0.0153. The van der Waals surface area contributed by atoms with E-state index in [9.17, 15) is 44.6 Å². The van der Waals surface area contributed by atoms with Crippen LogP contribution in [0.1, 0.15) is 142 Å². The maximum Gasteiger partial charge on any atom is 0.472 e. The predicted molar refractivity (Wildman–Crippen MR) is 239 cm³/mol. The lowest BCUT2D eigenvalue weighted by atomic mass is 9.85. The minimum atomic E-state index is -5.14. The number of hydrogen-bond donors (Lipinski definition) is 6. The van der Waals surface area contributed by atoms with E-state index in [0.29, 0.717) is 19.3 Å². The fourth-order valence-corrected chi connectivity index (χ4v) is 7.10. The van der Waals surface area contributed by atoms with Gasteiger partial charge in [0.25, 0.3) is 0 Å². The van der Waals surface area contributed by atoms with Crippen LogP contribution in [0.15, 0.2) is 85.1 Å². The van der Waals surface area contributed by atoms with Crippen molar-refractivity contribution >= 4 is 19.8 Å². The van der Waals surface area contributed by atoms with Gasteiger partial charge < -0.3 is 39.9 Å². The number of rotatable bonds is 35. The molecule has 0 heterocycles. The molecule has 0 aliphatic heterocycles. The Kier molecular flexibility index (Phi) is 33.5. The second-order valence-corrected chi connectivity index (χ2v) is 16.6. The van der Waals surface area contributed by atoms with Crippen molar-refractivity contribution in [2.45, 2.75) is 185 Å². The number of esters is 2. The number of aliphatic hydroxyl groups is 5. The van der Waals surface area contributed by atoms with Gasteiger partial charge in [-0.25, -0.2) is 4.57 Å². The van der Waals surface area contributed by atoms with Gasteiger partial charge in [0.2, 0.25) is 0 Å². The molecule has 0 radical (unpaired) electrons. The van der Waals surface area contributed by atoms with Gasteiger partial charge in [-0.3, -0.25) is 18.6 Å². The summed E-state index contributed by atoms with van der Waals surface area (Å²) in [6, 6.07) is 0. The third-order valence-corrected chi connectivity index (χ3v) is 10.7. The van der Waals surface area contributed by atoms with E-state index in [1.807, 2.05) is 18.2 Å². The van der Waals surface area contributed by atoms with Crippen molar-refractivity contribution < 1.29 is 63.1 Å². The van der Waals surface area contributed by atoms with E-state index in [0.717, 1.165) is 57.8 Å². The van der Waals surface area contributed by atoms with Gasteiger partial charge in [0.05, 0.1) is 6.61 Å². The van der Waals surface area contributed by atoms with Gasteiger partial charge in [0.15, 0.2) is 6.10 Å². The average molecular weight is 881 g/mol. The largest absolute Gasteiger partial charge is 0.472 e. The third-order valence-electron chi connectivity index (χ3n) is 9.73. The monoisotopic (exact) mass is 881 g/mol. The molecule has 0 aromatic carbocycles. The zero-order chi connectivity index (χ0) is 45.0. The van der Waals surface area contributed by atoms with Crippen molar-refractivity contribution in [3.05, 3.63) is 85.1 Å². The van der Waals surface area contributed by atoms with Crippen LogP contribution in [-0.4, -0.2) is 98.3 Å². The van der Waals surface area contributed by atoms with Gasteiger partial charge >= 0.3 is 19.8 Å². The number of phosphoric acid groups is 1. The van der Waals surface area contributed by atoms with Crippen molar-refractivity contribution in [3.8, 4) is 0 Å². The highest BCUT2D eigenvalue weighted by Crippen LogP contribution is 2.47. The number of allylic oxidation sites excluding steroid dienone is 14. The molecule has 6 unspecified atom stereocenters. The number of unbranched alkanes of at least 4 members (excludes halogenated alkanes) is 9. The van der Waals surface area contributed by atoms with Gasteiger partial charge in [-0.1, -0.05) is 137 Å². The van der Waals surface area contributed by atoms with Crippen LogP contribution < -0.4 is 0 Å². The molecule has 61 heavy (non-hydrogen) atoms. The summed E-state index contributed by atoms with van der Waals surface area (Å²) in [5.41, 5.74) is 0. The zero-order valence-electron chi connectivity index (χ0n) is 36.7. The topological polar surface area (TPSA) is 210 Å². The zero-order valence-corrected chi connectivity index (χ0v) is 37.6. The molecule has 0 bridgehead atoms. The molecular formula is C47H77O13P. The number of aliphatic hydroxyl groups excluding tert-OH is 5. The van der Waals surface area contributed by atoms with E-state index in [2.05, 4.69) is 80.7 Å². The smallest absolute Gasteiger partial charge is 0.462 e. The Hall–Kier alpha value is -2.97. The van der Waals surface area contributed by atoms with Crippen LogP contribution in [0.25, 0.3) is 0 Å². The summed E-state index contributed by atoms with van der Waals surface area (Å²) in [7, 11) is -5.14. The first kappa shape index (κ1) is 56.0. The fourth-order valence-electron chi connectivity index (χ4n) is 6.13. The maximum atomic E-state index is 12.8. The molecule has 8 atom stereocenters. The van der Waals surface area contributed by atoms with Crippen molar-refractivity contribution in [2.75, 3.05) is 13.2 Å². The summed E-state index contributed by atoms with van der Waals surface area (Å²) in [6.07, 6.45) is 33.7. The third kappa shape index (κ3) is 29.1. The highest BCUT2D eigenvalue weighted by atomic mass is 31.2. The minimum Gasteiger partial charge on any atom is -0.462 e. The molecule has 0 saturated heterocycles. The van der Waals surface area contributed by atoms with E-state index in [1.165, 1.54) is 38.5 Å². The van der Waals surface area contributed by atoms with Gasteiger partial charge in [0, 0.05) is 12.8 Å². The van der Waals surface area contributed by atoms with Crippen LogP contribution in [0.4, 0.5) is 0 Å². The Morgan fingerprint density at radius 1 is 0.525 bits per heavy atom. The molecular weight excluding hydrogens is 803 g/mol. The first-order valence-electron chi connectivity index (χ1n) is 22.4. The molecule has 0 spiro atoms. The number of carbonyl (C=O) groups excluding carboxylic acids is 2. The molecule has 6 N–H and O–H groups in total. The fraction of sp³-hybridized carbons (Fsp3) is 0.660. The summed E-state index contributed by atoms with van der Waals surface area (Å²) in [6.45, 7) is 3.07. The van der Waals surface area contributed by atoms with Crippen molar-refractivity contribution in [2.24, 2.45) is 0 Å². The molecule has 1 fully saturated rings. The first-order chi connectivity index (χ1) is 29.4. The molecule has 0 aromatic rings. The van der Waals surface area contributed by atoms with Crippen LogP contribution in [0.2, 0.25) is 0 Å². The van der Waals surface area contributed by atoms with Gasteiger partial charge in [0.1, 0.15) is 43.2 Å². The van der Waals surface area contributed by atoms with Crippen molar-refractivity contribution in [1.82, 2.24) is 0 Å². The van der Waals surface area contributed by atoms with E-state index < -0.39 is 75.7 Å². The van der Waals surface area contributed by atoms with Crippen LogP contribution in [0, 0.1) is 0 Å². The predicted octanol–water partition coefficient (Wildman–Crippen LogP) is 8.50. The van der Waals surface area contributed by atoms with Gasteiger partial charge in [-0.2, -0.15) is 0 Å².